The van der Waals surface area contributed by atoms with Crippen LogP contribution in [-0.4, -0.2) is 53.0 Å². The predicted octanol–water partition coefficient (Wildman–Crippen LogP) is 2.04. The third kappa shape index (κ3) is 4.44. The number of benzene rings is 1. The molecule has 1 aromatic carbocycles. The van der Waals surface area contributed by atoms with Crippen molar-refractivity contribution < 1.29 is 19.5 Å². The Morgan fingerprint density at radius 2 is 1.78 bits per heavy atom. The fourth-order valence-electron chi connectivity index (χ4n) is 5.17. The predicted molar refractivity (Wildman–Crippen MR) is 122 cm³/mol. The van der Waals surface area contributed by atoms with Crippen molar-refractivity contribution in [3.63, 3.8) is 0 Å². The average Bonchev–Trinajstić information content (AvgIpc) is 3.05. The van der Waals surface area contributed by atoms with Crippen LogP contribution in [0.1, 0.15) is 45.7 Å². The zero-order chi connectivity index (χ0) is 23.6. The summed E-state index contributed by atoms with van der Waals surface area (Å²) in [6, 6.07) is 7.75. The Labute approximate surface area is 190 Å². The lowest BCUT2D eigenvalue weighted by Gasteiger charge is -2.35. The van der Waals surface area contributed by atoms with Gasteiger partial charge in [-0.3, -0.25) is 14.4 Å². The molecule has 0 spiro atoms. The maximum Gasteiger partial charge on any atom is 0.243 e. The second kappa shape index (κ2) is 9.45. The van der Waals surface area contributed by atoms with Crippen LogP contribution in [-0.2, 0) is 14.4 Å². The van der Waals surface area contributed by atoms with Gasteiger partial charge in [-0.05, 0) is 38.7 Å². The first-order valence-electron chi connectivity index (χ1n) is 11.3. The van der Waals surface area contributed by atoms with Crippen molar-refractivity contribution in [1.29, 1.82) is 0 Å². The fourth-order valence-corrected chi connectivity index (χ4v) is 5.17. The first-order valence-corrected chi connectivity index (χ1v) is 11.3. The second-order valence-electron chi connectivity index (χ2n) is 9.74. The van der Waals surface area contributed by atoms with Crippen LogP contribution in [0.5, 0.6) is 0 Å². The highest BCUT2D eigenvalue weighted by molar-refractivity contribution is 5.97. The lowest BCUT2D eigenvalue weighted by Crippen LogP contribution is -2.53. The van der Waals surface area contributed by atoms with E-state index in [0.717, 1.165) is 5.56 Å². The van der Waals surface area contributed by atoms with E-state index in [2.05, 4.69) is 10.6 Å². The van der Waals surface area contributed by atoms with Crippen molar-refractivity contribution in [3.8, 4) is 0 Å². The zero-order valence-electron chi connectivity index (χ0n) is 19.5. The van der Waals surface area contributed by atoms with Crippen molar-refractivity contribution in [2.24, 2.45) is 23.7 Å². The van der Waals surface area contributed by atoms with Crippen LogP contribution in [0.15, 0.2) is 42.5 Å². The minimum Gasteiger partial charge on any atom is -0.394 e. The molecule has 32 heavy (non-hydrogen) atoms. The van der Waals surface area contributed by atoms with E-state index < -0.39 is 35.4 Å². The molecular formula is C25H35N3O4. The topological polar surface area (TPSA) is 98.7 Å². The molecule has 0 unspecified atom stereocenters. The number of hydrogen-bond acceptors (Lipinski definition) is 4. The summed E-state index contributed by atoms with van der Waals surface area (Å²) in [6.07, 6.45) is 4.63. The van der Waals surface area contributed by atoms with Gasteiger partial charge in [-0.1, -0.05) is 49.4 Å². The zero-order valence-corrected chi connectivity index (χ0v) is 19.5. The molecule has 1 fully saturated rings. The molecule has 174 valence electrons. The summed E-state index contributed by atoms with van der Waals surface area (Å²) in [4.78, 5) is 41.8. The molecule has 0 saturated carbocycles. The number of allylic oxidation sites excluding steroid dienone is 1. The first-order chi connectivity index (χ1) is 15.1. The van der Waals surface area contributed by atoms with Gasteiger partial charge in [-0.25, -0.2) is 0 Å². The lowest BCUT2D eigenvalue weighted by molar-refractivity contribution is -0.143. The van der Waals surface area contributed by atoms with E-state index in [9.17, 15) is 19.5 Å². The second-order valence-corrected chi connectivity index (χ2v) is 9.74. The maximum absolute atomic E-state index is 13.9. The Morgan fingerprint density at radius 1 is 1.12 bits per heavy atom. The molecule has 0 bridgehead atoms. The molecule has 1 aromatic rings. The number of fused-ring (bicyclic) bond motifs is 1. The van der Waals surface area contributed by atoms with Gasteiger partial charge in [0.2, 0.25) is 17.7 Å². The van der Waals surface area contributed by atoms with Crippen molar-refractivity contribution in [2.75, 3.05) is 13.7 Å². The Hall–Kier alpha value is -2.67. The van der Waals surface area contributed by atoms with Crippen molar-refractivity contribution in [3.05, 3.63) is 48.0 Å². The summed E-state index contributed by atoms with van der Waals surface area (Å²) in [5, 5.41) is 16.0. The van der Waals surface area contributed by atoms with Crippen LogP contribution in [0.4, 0.5) is 0 Å². The number of aliphatic hydroxyl groups excluding tert-OH is 1. The van der Waals surface area contributed by atoms with Crippen LogP contribution in [0.3, 0.4) is 0 Å². The van der Waals surface area contributed by atoms with E-state index in [-0.39, 0.29) is 30.2 Å². The van der Waals surface area contributed by atoms with Gasteiger partial charge in [0, 0.05) is 18.5 Å². The average molecular weight is 442 g/mol. The van der Waals surface area contributed by atoms with Gasteiger partial charge in [0.15, 0.2) is 0 Å². The number of nitrogens with zero attached hydrogens (tertiary/aromatic N) is 1. The Bertz CT molecular complexity index is 877. The number of carbonyl (C=O) groups excluding carboxylic acids is 3. The van der Waals surface area contributed by atoms with E-state index in [1.807, 2.05) is 70.2 Å². The Morgan fingerprint density at radius 3 is 2.31 bits per heavy atom. The van der Waals surface area contributed by atoms with Gasteiger partial charge in [-0.15, -0.1) is 0 Å². The van der Waals surface area contributed by atoms with Crippen LogP contribution >= 0.6 is 0 Å². The van der Waals surface area contributed by atoms with Crippen molar-refractivity contribution in [2.45, 2.75) is 51.7 Å². The van der Waals surface area contributed by atoms with Gasteiger partial charge in [-0.2, -0.15) is 0 Å². The standard InChI is InChI=1S/C25H35N3O4/c1-6-15-12-13-17-20(19(15)22(30)26-5)24(32)28(21(17)23(31)27-25(2,3)4)18(14-29)16-10-8-7-9-11-16/h7-13,15,17-21,29H,6,14H2,1-5H3,(H,26,30)(H,27,31)/t15-,17+,18-,19-,20+,21+/m1/s1. The third-order valence-electron chi connectivity index (χ3n) is 6.53. The molecular weight excluding hydrogens is 406 g/mol. The molecule has 3 amide bonds. The van der Waals surface area contributed by atoms with Crippen LogP contribution < -0.4 is 10.6 Å². The third-order valence-corrected chi connectivity index (χ3v) is 6.53. The van der Waals surface area contributed by atoms with Crippen molar-refractivity contribution in [1.82, 2.24) is 15.5 Å². The van der Waals surface area contributed by atoms with Gasteiger partial charge < -0.3 is 20.6 Å². The van der Waals surface area contributed by atoms with E-state index in [1.165, 1.54) is 4.90 Å². The SMILES string of the molecule is CC[C@@H]1C=C[C@H]2[C@H](C(=O)N([C@H](CO)c3ccccc3)[C@@H]2C(=O)NC(C)(C)C)[C@@H]1C(=O)NC. The summed E-state index contributed by atoms with van der Waals surface area (Å²) >= 11 is 0. The molecule has 6 atom stereocenters. The molecule has 1 heterocycles. The summed E-state index contributed by atoms with van der Waals surface area (Å²) in [5.41, 5.74) is 0.263. The van der Waals surface area contributed by atoms with Crippen molar-refractivity contribution >= 4 is 17.7 Å². The van der Waals surface area contributed by atoms with E-state index in [1.54, 1.807) is 7.05 Å². The molecule has 3 N–H and O–H groups in total. The highest BCUT2D eigenvalue weighted by Crippen LogP contribution is 2.47. The summed E-state index contributed by atoms with van der Waals surface area (Å²) in [5.74, 6) is -2.48. The summed E-state index contributed by atoms with van der Waals surface area (Å²) in [7, 11) is 1.57. The van der Waals surface area contributed by atoms with Gasteiger partial charge in [0.25, 0.3) is 0 Å². The number of rotatable bonds is 6. The largest absolute Gasteiger partial charge is 0.394 e. The molecule has 3 rings (SSSR count). The van der Waals surface area contributed by atoms with Crippen LogP contribution in [0.2, 0.25) is 0 Å². The minimum absolute atomic E-state index is 0.0873. The van der Waals surface area contributed by atoms with Crippen LogP contribution in [0, 0.1) is 23.7 Å². The van der Waals surface area contributed by atoms with E-state index >= 15 is 0 Å². The molecule has 1 aliphatic carbocycles. The van der Waals surface area contributed by atoms with Crippen LogP contribution in [0.25, 0.3) is 0 Å². The molecule has 1 saturated heterocycles. The summed E-state index contributed by atoms with van der Waals surface area (Å²) < 4.78 is 0. The highest BCUT2D eigenvalue weighted by atomic mass is 16.3. The van der Waals surface area contributed by atoms with Gasteiger partial charge >= 0.3 is 0 Å². The number of likely N-dealkylation sites (tertiary alicyclic amines) is 1. The highest BCUT2D eigenvalue weighted by Gasteiger charge is 2.58. The van der Waals surface area contributed by atoms with E-state index in [0.29, 0.717) is 6.42 Å². The van der Waals surface area contributed by atoms with E-state index in [4.69, 9.17) is 0 Å². The van der Waals surface area contributed by atoms with Gasteiger partial charge in [0.1, 0.15) is 6.04 Å². The number of hydrogen-bond donors (Lipinski definition) is 3. The van der Waals surface area contributed by atoms with Gasteiger partial charge in [0.05, 0.1) is 24.5 Å². The molecule has 7 heteroatoms. The smallest absolute Gasteiger partial charge is 0.243 e. The quantitative estimate of drug-likeness (QED) is 0.589. The number of nitrogens with one attached hydrogen (secondary N) is 2. The number of amides is 3. The molecule has 2 aliphatic rings. The molecule has 7 nitrogen and oxygen atoms in total. The molecule has 1 aliphatic heterocycles. The first kappa shape index (κ1) is 24.0. The minimum atomic E-state index is -0.815. The Kier molecular flexibility index (Phi) is 7.08. The summed E-state index contributed by atoms with van der Waals surface area (Å²) in [6.45, 7) is 7.34. The normalized spacial score (nSPS) is 28.2. The Balaban J connectivity index is 2.12. The maximum atomic E-state index is 13.9. The molecule has 0 radical (unpaired) electrons. The number of aliphatic hydroxyl groups is 1. The number of carbonyl (C=O) groups is 3. The molecule has 0 aromatic heterocycles. The monoisotopic (exact) mass is 441 g/mol. The fraction of sp³-hybridized carbons (Fsp3) is 0.560. The lowest BCUT2D eigenvalue weighted by atomic mass is 9.68.